The van der Waals surface area contributed by atoms with Crippen LogP contribution in [-0.4, -0.2) is 37.0 Å². The molecule has 1 saturated carbocycles. The van der Waals surface area contributed by atoms with Gasteiger partial charge in [0.2, 0.25) is 0 Å². The molecule has 202 valence electrons. The summed E-state index contributed by atoms with van der Waals surface area (Å²) >= 11 is 0. The average molecular weight is 546 g/mol. The number of carbonyl (C=O) groups is 1. The summed E-state index contributed by atoms with van der Waals surface area (Å²) in [5, 5.41) is 14.9. The van der Waals surface area contributed by atoms with Crippen molar-refractivity contribution in [3.8, 4) is 22.5 Å². The highest BCUT2D eigenvalue weighted by molar-refractivity contribution is 7.90. The Labute approximate surface area is 228 Å². The standard InChI is InChI=1S/C31H31NO6S/c1-3-37-30(34)31(17-18-31)26-15-13-24(14-16-26)23-9-11-25(12-10-23)29-28(21(2)32-38-29)27(33)20-39(35,36)19-22-7-5-4-6-8-22/h4-16,27,33H,3,17-20H2,1-2H3/t27-/m1/s1. The maximum atomic E-state index is 12.8. The second kappa shape index (κ2) is 10.8. The first-order chi connectivity index (χ1) is 18.7. The molecule has 0 aliphatic heterocycles. The number of carbonyl (C=O) groups excluding carboxylic acids is 1. The minimum atomic E-state index is -3.59. The van der Waals surface area contributed by atoms with E-state index in [-0.39, 0.29) is 11.7 Å². The van der Waals surface area contributed by atoms with Gasteiger partial charge in [-0.05, 0) is 48.9 Å². The number of rotatable bonds is 10. The van der Waals surface area contributed by atoms with Crippen LogP contribution >= 0.6 is 0 Å². The summed E-state index contributed by atoms with van der Waals surface area (Å²) in [6.45, 7) is 3.88. The molecule has 4 aromatic rings. The fourth-order valence-corrected chi connectivity index (χ4v) is 6.45. The number of hydrogen-bond acceptors (Lipinski definition) is 7. The van der Waals surface area contributed by atoms with Crippen LogP contribution in [0.25, 0.3) is 22.5 Å². The number of aromatic nitrogens is 1. The predicted molar refractivity (Wildman–Crippen MR) is 149 cm³/mol. The normalized spacial score (nSPS) is 15.1. The number of esters is 1. The third-order valence-electron chi connectivity index (χ3n) is 7.22. The first kappa shape index (κ1) is 26.8. The Morgan fingerprint density at radius 2 is 1.56 bits per heavy atom. The number of aliphatic hydroxyl groups excluding tert-OH is 1. The molecular formula is C31H31NO6S. The molecule has 0 bridgehead atoms. The maximum Gasteiger partial charge on any atom is 0.316 e. The van der Waals surface area contributed by atoms with Crippen LogP contribution < -0.4 is 0 Å². The molecular weight excluding hydrogens is 514 g/mol. The molecule has 1 atom stereocenters. The van der Waals surface area contributed by atoms with Crippen LogP contribution in [0.5, 0.6) is 0 Å². The fraction of sp³-hybridized carbons (Fsp3) is 0.290. The molecule has 7 nitrogen and oxygen atoms in total. The van der Waals surface area contributed by atoms with E-state index < -0.39 is 27.1 Å². The molecule has 1 heterocycles. The monoisotopic (exact) mass is 545 g/mol. The van der Waals surface area contributed by atoms with E-state index in [0.29, 0.717) is 34.8 Å². The van der Waals surface area contributed by atoms with Crippen LogP contribution in [0.4, 0.5) is 0 Å². The molecule has 1 N–H and O–H groups in total. The second-order valence-electron chi connectivity index (χ2n) is 10.0. The van der Waals surface area contributed by atoms with Crippen molar-refractivity contribution in [1.29, 1.82) is 0 Å². The van der Waals surface area contributed by atoms with Crippen LogP contribution in [0.2, 0.25) is 0 Å². The highest BCUT2D eigenvalue weighted by Crippen LogP contribution is 2.49. The minimum absolute atomic E-state index is 0.154. The van der Waals surface area contributed by atoms with Gasteiger partial charge in [-0.1, -0.05) is 84.0 Å². The van der Waals surface area contributed by atoms with Crippen LogP contribution in [0, 0.1) is 6.92 Å². The highest BCUT2D eigenvalue weighted by Gasteiger charge is 2.52. The largest absolute Gasteiger partial charge is 0.465 e. The number of nitrogens with zero attached hydrogens (tertiary/aromatic N) is 1. The van der Waals surface area contributed by atoms with E-state index in [1.807, 2.05) is 61.5 Å². The summed E-state index contributed by atoms with van der Waals surface area (Å²) < 4.78 is 36.4. The number of ether oxygens (including phenoxy) is 1. The third kappa shape index (κ3) is 5.67. The van der Waals surface area contributed by atoms with Crippen molar-refractivity contribution in [2.75, 3.05) is 12.4 Å². The Balaban J connectivity index is 1.32. The van der Waals surface area contributed by atoms with E-state index in [4.69, 9.17) is 9.26 Å². The Morgan fingerprint density at radius 3 is 2.15 bits per heavy atom. The van der Waals surface area contributed by atoms with Gasteiger partial charge in [0.25, 0.3) is 0 Å². The molecule has 1 aliphatic rings. The van der Waals surface area contributed by atoms with Crippen molar-refractivity contribution in [1.82, 2.24) is 5.16 Å². The van der Waals surface area contributed by atoms with Crippen molar-refractivity contribution < 1.29 is 27.6 Å². The van der Waals surface area contributed by atoms with Gasteiger partial charge in [0, 0.05) is 5.56 Å². The third-order valence-corrected chi connectivity index (χ3v) is 8.81. The van der Waals surface area contributed by atoms with Crippen molar-refractivity contribution in [3.63, 3.8) is 0 Å². The van der Waals surface area contributed by atoms with E-state index in [9.17, 15) is 18.3 Å². The van der Waals surface area contributed by atoms with Crippen molar-refractivity contribution >= 4 is 15.8 Å². The molecule has 1 fully saturated rings. The number of sulfone groups is 1. The Hall–Kier alpha value is -3.75. The molecule has 3 aromatic carbocycles. The predicted octanol–water partition coefficient (Wildman–Crippen LogP) is 5.56. The molecule has 0 unspecified atom stereocenters. The van der Waals surface area contributed by atoms with Gasteiger partial charge in [0.15, 0.2) is 15.6 Å². The van der Waals surface area contributed by atoms with Gasteiger partial charge < -0.3 is 14.4 Å². The zero-order chi connectivity index (χ0) is 27.6. The van der Waals surface area contributed by atoms with Gasteiger partial charge in [-0.25, -0.2) is 8.42 Å². The van der Waals surface area contributed by atoms with E-state index in [1.165, 1.54) is 0 Å². The summed E-state index contributed by atoms with van der Waals surface area (Å²) in [5.41, 5.74) is 4.60. The maximum absolute atomic E-state index is 12.8. The van der Waals surface area contributed by atoms with Gasteiger partial charge in [-0.2, -0.15) is 0 Å². The molecule has 0 spiro atoms. The summed E-state index contributed by atoms with van der Waals surface area (Å²) in [7, 11) is -3.59. The lowest BCUT2D eigenvalue weighted by Gasteiger charge is -2.15. The number of aliphatic hydroxyl groups is 1. The molecule has 39 heavy (non-hydrogen) atoms. The van der Waals surface area contributed by atoms with Gasteiger partial charge in [-0.15, -0.1) is 0 Å². The van der Waals surface area contributed by atoms with Crippen LogP contribution in [0.1, 0.15) is 48.3 Å². The highest BCUT2D eigenvalue weighted by atomic mass is 32.2. The lowest BCUT2D eigenvalue weighted by atomic mass is 9.93. The molecule has 0 amide bonds. The van der Waals surface area contributed by atoms with Crippen molar-refractivity contribution in [2.45, 2.75) is 44.0 Å². The van der Waals surface area contributed by atoms with Crippen molar-refractivity contribution in [3.05, 3.63) is 101 Å². The molecule has 0 saturated heterocycles. The zero-order valence-corrected chi connectivity index (χ0v) is 22.8. The zero-order valence-electron chi connectivity index (χ0n) is 22.0. The molecule has 8 heteroatoms. The molecule has 5 rings (SSSR count). The summed E-state index contributed by atoms with van der Waals surface area (Å²) in [6.07, 6.45) is 0.331. The molecule has 1 aromatic heterocycles. The first-order valence-corrected chi connectivity index (χ1v) is 14.8. The first-order valence-electron chi connectivity index (χ1n) is 13.0. The van der Waals surface area contributed by atoms with Gasteiger partial charge in [0.1, 0.15) is 0 Å². The summed E-state index contributed by atoms with van der Waals surface area (Å²) in [6, 6.07) is 24.4. The van der Waals surface area contributed by atoms with Crippen LogP contribution in [-0.2, 0) is 30.5 Å². The number of benzene rings is 3. The lowest BCUT2D eigenvalue weighted by Crippen LogP contribution is -2.23. The SMILES string of the molecule is CCOC(=O)C1(c2ccc(-c3ccc(-c4onc(C)c4[C@H](O)CS(=O)(=O)Cc4ccccc4)cc3)cc2)CC1. The number of hydrogen-bond donors (Lipinski definition) is 1. The molecule has 0 radical (unpaired) electrons. The fourth-order valence-electron chi connectivity index (χ4n) is 4.99. The smallest absolute Gasteiger partial charge is 0.316 e. The van der Waals surface area contributed by atoms with Crippen molar-refractivity contribution in [2.24, 2.45) is 0 Å². The van der Waals surface area contributed by atoms with Crippen LogP contribution in [0.15, 0.2) is 83.4 Å². The van der Waals surface area contributed by atoms with E-state index in [0.717, 1.165) is 29.5 Å². The Morgan fingerprint density at radius 1 is 0.974 bits per heavy atom. The van der Waals surface area contributed by atoms with Crippen LogP contribution in [0.3, 0.4) is 0 Å². The average Bonchev–Trinajstić information content (AvgIpc) is 3.65. The van der Waals surface area contributed by atoms with Gasteiger partial charge >= 0.3 is 5.97 Å². The Bertz CT molecular complexity index is 1550. The van der Waals surface area contributed by atoms with E-state index in [1.54, 1.807) is 31.2 Å². The number of aryl methyl sites for hydroxylation is 1. The topological polar surface area (TPSA) is 107 Å². The second-order valence-corrected chi connectivity index (χ2v) is 12.1. The van der Waals surface area contributed by atoms with Gasteiger partial charge in [0.05, 0.1) is 40.9 Å². The quantitative estimate of drug-likeness (QED) is 0.260. The van der Waals surface area contributed by atoms with E-state index >= 15 is 0 Å². The summed E-state index contributed by atoms with van der Waals surface area (Å²) in [4.78, 5) is 12.4. The summed E-state index contributed by atoms with van der Waals surface area (Å²) in [5.74, 6) is -0.398. The Kier molecular flexibility index (Phi) is 7.42. The molecule has 1 aliphatic carbocycles. The van der Waals surface area contributed by atoms with E-state index in [2.05, 4.69) is 5.16 Å². The lowest BCUT2D eigenvalue weighted by molar-refractivity contribution is -0.146. The van der Waals surface area contributed by atoms with Gasteiger partial charge in [-0.3, -0.25) is 4.79 Å². The minimum Gasteiger partial charge on any atom is -0.465 e.